The fraction of sp³-hybridized carbons (Fsp3) is 0.900. The van der Waals surface area contributed by atoms with Crippen molar-refractivity contribution in [3.8, 4) is 0 Å². The molecule has 0 aromatic rings. The summed E-state index contributed by atoms with van der Waals surface area (Å²) in [5.41, 5.74) is 0. The molecule has 0 spiro atoms. The van der Waals surface area contributed by atoms with E-state index in [4.69, 9.17) is 4.74 Å². The first-order valence-corrected chi connectivity index (χ1v) is 6.15. The van der Waals surface area contributed by atoms with E-state index in [0.29, 0.717) is 24.7 Å². The Kier molecular flexibility index (Phi) is 8.58. The number of ether oxygens (including phenoxy) is 1. The zero-order valence-electron chi connectivity index (χ0n) is 8.90. The highest BCUT2D eigenvalue weighted by Gasteiger charge is 2.06. The SMILES string of the molecule is CC(C)CCC(=O)OCCC(S)CS. The van der Waals surface area contributed by atoms with Gasteiger partial charge in [-0.3, -0.25) is 4.79 Å². The number of hydrogen-bond donors (Lipinski definition) is 2. The van der Waals surface area contributed by atoms with Gasteiger partial charge in [-0.15, -0.1) is 0 Å². The minimum Gasteiger partial charge on any atom is -0.466 e. The van der Waals surface area contributed by atoms with E-state index >= 15 is 0 Å². The molecular formula is C10H20O2S2. The third kappa shape index (κ3) is 8.75. The van der Waals surface area contributed by atoms with Crippen molar-refractivity contribution in [2.45, 2.75) is 38.4 Å². The van der Waals surface area contributed by atoms with Crippen LogP contribution in [0, 0.1) is 5.92 Å². The lowest BCUT2D eigenvalue weighted by Gasteiger charge is -2.08. The zero-order valence-corrected chi connectivity index (χ0v) is 10.7. The minimum absolute atomic E-state index is 0.0987. The van der Waals surface area contributed by atoms with Crippen LogP contribution in [0.25, 0.3) is 0 Å². The molecule has 0 aliphatic carbocycles. The molecule has 0 aromatic carbocycles. The molecular weight excluding hydrogens is 216 g/mol. The number of carbonyl (C=O) groups is 1. The summed E-state index contributed by atoms with van der Waals surface area (Å²) in [5, 5.41) is 0.219. The van der Waals surface area contributed by atoms with Gasteiger partial charge in [-0.2, -0.15) is 25.3 Å². The Labute approximate surface area is 97.6 Å². The fourth-order valence-corrected chi connectivity index (χ4v) is 1.17. The minimum atomic E-state index is -0.0987. The third-order valence-electron chi connectivity index (χ3n) is 1.85. The first-order valence-electron chi connectivity index (χ1n) is 5.00. The lowest BCUT2D eigenvalue weighted by molar-refractivity contribution is -0.144. The summed E-state index contributed by atoms with van der Waals surface area (Å²) in [5.74, 6) is 1.17. The molecule has 0 bridgehead atoms. The Morgan fingerprint density at radius 1 is 1.36 bits per heavy atom. The van der Waals surface area contributed by atoms with Crippen molar-refractivity contribution >= 4 is 31.2 Å². The lowest BCUT2D eigenvalue weighted by Crippen LogP contribution is -2.11. The standard InChI is InChI=1S/C10H20O2S2/c1-8(2)3-4-10(11)12-6-5-9(14)7-13/h8-9,13-14H,3-7H2,1-2H3. The van der Waals surface area contributed by atoms with Gasteiger partial charge in [0.1, 0.15) is 0 Å². The second-order valence-electron chi connectivity index (χ2n) is 3.78. The molecule has 1 atom stereocenters. The monoisotopic (exact) mass is 236 g/mol. The van der Waals surface area contributed by atoms with Crippen LogP contribution in [0.5, 0.6) is 0 Å². The van der Waals surface area contributed by atoms with Crippen molar-refractivity contribution in [2.75, 3.05) is 12.4 Å². The lowest BCUT2D eigenvalue weighted by atomic mass is 10.1. The summed E-state index contributed by atoms with van der Waals surface area (Å²) in [6, 6.07) is 0. The van der Waals surface area contributed by atoms with E-state index in [1.807, 2.05) is 0 Å². The van der Waals surface area contributed by atoms with Crippen LogP contribution in [0.1, 0.15) is 33.1 Å². The first-order chi connectivity index (χ1) is 6.56. The number of esters is 1. The van der Waals surface area contributed by atoms with Gasteiger partial charge in [-0.05, 0) is 18.8 Å². The molecule has 0 heterocycles. The molecule has 0 radical (unpaired) electrons. The van der Waals surface area contributed by atoms with Crippen LogP contribution in [0.2, 0.25) is 0 Å². The van der Waals surface area contributed by atoms with Crippen molar-refractivity contribution in [3.63, 3.8) is 0 Å². The van der Waals surface area contributed by atoms with Crippen molar-refractivity contribution in [1.29, 1.82) is 0 Å². The molecule has 1 unspecified atom stereocenters. The molecule has 2 nitrogen and oxygen atoms in total. The molecule has 0 aliphatic rings. The van der Waals surface area contributed by atoms with Crippen molar-refractivity contribution in [1.82, 2.24) is 0 Å². The molecule has 0 fully saturated rings. The summed E-state index contributed by atoms with van der Waals surface area (Å²) in [7, 11) is 0. The molecule has 0 rings (SSSR count). The Bertz CT molecular complexity index is 160. The van der Waals surface area contributed by atoms with Crippen LogP contribution >= 0.6 is 25.3 Å². The topological polar surface area (TPSA) is 26.3 Å². The van der Waals surface area contributed by atoms with E-state index in [1.165, 1.54) is 0 Å². The Morgan fingerprint density at radius 2 is 2.00 bits per heavy atom. The maximum Gasteiger partial charge on any atom is 0.305 e. The van der Waals surface area contributed by atoms with E-state index in [0.717, 1.165) is 12.8 Å². The van der Waals surface area contributed by atoms with Crippen LogP contribution < -0.4 is 0 Å². The van der Waals surface area contributed by atoms with E-state index in [9.17, 15) is 4.79 Å². The number of carbonyl (C=O) groups excluding carboxylic acids is 1. The molecule has 0 saturated heterocycles. The van der Waals surface area contributed by atoms with Gasteiger partial charge in [0, 0.05) is 17.4 Å². The molecule has 0 aliphatic heterocycles. The van der Waals surface area contributed by atoms with Gasteiger partial charge in [0.25, 0.3) is 0 Å². The van der Waals surface area contributed by atoms with Crippen molar-refractivity contribution in [2.24, 2.45) is 5.92 Å². The second kappa shape index (κ2) is 8.48. The first kappa shape index (κ1) is 14.2. The van der Waals surface area contributed by atoms with Gasteiger partial charge < -0.3 is 4.74 Å². The maximum absolute atomic E-state index is 11.2. The Hall–Kier alpha value is 0.170. The number of hydrogen-bond acceptors (Lipinski definition) is 4. The molecule has 0 N–H and O–H groups in total. The normalized spacial score (nSPS) is 12.9. The van der Waals surface area contributed by atoms with Crippen LogP contribution in [0.15, 0.2) is 0 Å². The van der Waals surface area contributed by atoms with Crippen molar-refractivity contribution in [3.05, 3.63) is 0 Å². The highest BCUT2D eigenvalue weighted by atomic mass is 32.1. The second-order valence-corrected chi connectivity index (χ2v) is 4.87. The van der Waals surface area contributed by atoms with Crippen LogP contribution in [-0.2, 0) is 9.53 Å². The maximum atomic E-state index is 11.2. The molecule has 0 saturated carbocycles. The van der Waals surface area contributed by atoms with Gasteiger partial charge in [-0.25, -0.2) is 0 Å². The largest absolute Gasteiger partial charge is 0.466 e. The molecule has 84 valence electrons. The van der Waals surface area contributed by atoms with Crippen molar-refractivity contribution < 1.29 is 9.53 Å². The number of rotatable bonds is 7. The van der Waals surface area contributed by atoms with E-state index < -0.39 is 0 Å². The van der Waals surface area contributed by atoms with E-state index in [1.54, 1.807) is 0 Å². The van der Waals surface area contributed by atoms with Gasteiger partial charge >= 0.3 is 5.97 Å². The molecule has 0 amide bonds. The van der Waals surface area contributed by atoms with E-state index in [-0.39, 0.29) is 11.2 Å². The van der Waals surface area contributed by atoms with Crippen LogP contribution in [0.4, 0.5) is 0 Å². The van der Waals surface area contributed by atoms with E-state index in [2.05, 4.69) is 39.1 Å². The highest BCUT2D eigenvalue weighted by molar-refractivity contribution is 7.84. The van der Waals surface area contributed by atoms with Gasteiger partial charge in [0.15, 0.2) is 0 Å². The predicted molar refractivity (Wildman–Crippen MR) is 66.3 cm³/mol. The zero-order chi connectivity index (χ0) is 11.0. The summed E-state index contributed by atoms with van der Waals surface area (Å²) in [6.45, 7) is 4.65. The summed E-state index contributed by atoms with van der Waals surface area (Å²) in [6.07, 6.45) is 2.20. The quantitative estimate of drug-likeness (QED) is 0.525. The van der Waals surface area contributed by atoms with Crippen LogP contribution in [-0.4, -0.2) is 23.6 Å². The average Bonchev–Trinajstić information content (AvgIpc) is 2.14. The summed E-state index contributed by atoms with van der Waals surface area (Å²) < 4.78 is 5.04. The van der Waals surface area contributed by atoms with Gasteiger partial charge in [0.05, 0.1) is 6.61 Å². The molecule has 14 heavy (non-hydrogen) atoms. The highest BCUT2D eigenvalue weighted by Crippen LogP contribution is 2.06. The predicted octanol–water partition coefficient (Wildman–Crippen LogP) is 2.58. The Balaban J connectivity index is 3.35. The summed E-state index contributed by atoms with van der Waals surface area (Å²) >= 11 is 8.34. The average molecular weight is 236 g/mol. The van der Waals surface area contributed by atoms with Crippen LogP contribution in [0.3, 0.4) is 0 Å². The Morgan fingerprint density at radius 3 is 2.50 bits per heavy atom. The fourth-order valence-electron chi connectivity index (χ4n) is 0.879. The summed E-state index contributed by atoms with van der Waals surface area (Å²) in [4.78, 5) is 11.2. The van der Waals surface area contributed by atoms with Gasteiger partial charge in [-0.1, -0.05) is 13.8 Å². The molecule has 0 aromatic heterocycles. The third-order valence-corrected chi connectivity index (χ3v) is 3.02. The molecule has 4 heteroatoms. The number of thiol groups is 2. The van der Waals surface area contributed by atoms with Gasteiger partial charge in [0.2, 0.25) is 0 Å². The smallest absolute Gasteiger partial charge is 0.305 e.